The Morgan fingerprint density at radius 1 is 1.28 bits per heavy atom. The van der Waals surface area contributed by atoms with Crippen LogP contribution in [0.15, 0.2) is 16.5 Å². The van der Waals surface area contributed by atoms with Crippen LogP contribution < -0.4 is 5.73 Å². The van der Waals surface area contributed by atoms with Crippen LogP contribution in [-0.2, 0) is 14.3 Å². The minimum atomic E-state index is -0.798. The Balaban J connectivity index is 5.03. The summed E-state index contributed by atoms with van der Waals surface area (Å²) >= 11 is 0. The lowest BCUT2D eigenvalue weighted by Gasteiger charge is -2.09. The molecule has 0 aromatic carbocycles. The Labute approximate surface area is 106 Å². The Morgan fingerprint density at radius 3 is 2.39 bits per heavy atom. The van der Waals surface area contributed by atoms with E-state index in [2.05, 4.69) is 4.99 Å². The molecule has 0 radical (unpaired) electrons. The summed E-state index contributed by atoms with van der Waals surface area (Å²) in [6.07, 6.45) is 0.409. The monoisotopic (exact) mass is 260 g/mol. The molecule has 0 fully saturated rings. The number of nitrogens with zero attached hydrogens (tertiary/aromatic N) is 1. The number of aliphatic hydroxyl groups excluding tert-OH is 2. The number of hydrogen-bond donors (Lipinski definition) is 3. The van der Waals surface area contributed by atoms with E-state index < -0.39 is 11.9 Å². The highest BCUT2D eigenvalue weighted by atomic mass is 16.6. The second-order valence-corrected chi connectivity index (χ2v) is 3.18. The summed E-state index contributed by atoms with van der Waals surface area (Å²) in [5.74, 6) is -1.58. The molecule has 18 heavy (non-hydrogen) atoms. The maximum absolute atomic E-state index is 11.6. The molecule has 0 atom stereocenters. The SMILES string of the molecule is CCOC(=O)/C(C(N)=NCCCO)=C(/O)OCC. The Kier molecular flexibility index (Phi) is 8.38. The summed E-state index contributed by atoms with van der Waals surface area (Å²) in [6.45, 7) is 3.81. The lowest BCUT2D eigenvalue weighted by Crippen LogP contribution is -2.26. The maximum Gasteiger partial charge on any atom is 0.349 e. The van der Waals surface area contributed by atoms with Crippen LogP contribution in [0.3, 0.4) is 0 Å². The average Bonchev–Trinajstić information content (AvgIpc) is 2.30. The van der Waals surface area contributed by atoms with E-state index in [1.165, 1.54) is 0 Å². The van der Waals surface area contributed by atoms with Gasteiger partial charge in [0, 0.05) is 13.2 Å². The first-order chi connectivity index (χ1) is 8.58. The molecule has 0 aromatic heterocycles. The Bertz CT molecular complexity index is 325. The third-order valence-corrected chi connectivity index (χ3v) is 1.83. The lowest BCUT2D eigenvalue weighted by molar-refractivity contribution is -0.138. The predicted octanol–water partition coefficient (Wildman–Crippen LogP) is 0.0952. The summed E-state index contributed by atoms with van der Waals surface area (Å²) in [4.78, 5) is 15.5. The van der Waals surface area contributed by atoms with E-state index in [9.17, 15) is 9.90 Å². The van der Waals surface area contributed by atoms with Gasteiger partial charge in [-0.1, -0.05) is 0 Å². The van der Waals surface area contributed by atoms with Crippen molar-refractivity contribution in [2.24, 2.45) is 10.7 Å². The van der Waals surface area contributed by atoms with E-state index in [1.54, 1.807) is 13.8 Å². The summed E-state index contributed by atoms with van der Waals surface area (Å²) in [5.41, 5.74) is 5.30. The standard InChI is InChI=1S/C11H20N2O5/c1-3-17-10(15)8(11(16)18-4-2)9(12)13-6-5-7-14/h14-15H,3-7H2,1-2H3,(H2,12,13)/b10-8-. The first-order valence-corrected chi connectivity index (χ1v) is 5.72. The fourth-order valence-corrected chi connectivity index (χ4v) is 1.06. The molecule has 4 N–H and O–H groups in total. The van der Waals surface area contributed by atoms with Gasteiger partial charge in [0.2, 0.25) is 0 Å². The molecule has 0 heterocycles. The fraction of sp³-hybridized carbons (Fsp3) is 0.636. The van der Waals surface area contributed by atoms with Crippen LogP contribution in [-0.4, -0.2) is 48.4 Å². The molecule has 0 unspecified atom stereocenters. The fourth-order valence-electron chi connectivity index (χ4n) is 1.06. The average molecular weight is 260 g/mol. The molecule has 0 aliphatic rings. The van der Waals surface area contributed by atoms with Crippen molar-refractivity contribution in [2.75, 3.05) is 26.4 Å². The zero-order valence-corrected chi connectivity index (χ0v) is 10.7. The number of aliphatic hydroxyl groups is 2. The second kappa shape index (κ2) is 9.29. The normalized spacial score (nSPS) is 12.9. The van der Waals surface area contributed by atoms with Crippen LogP contribution in [0.4, 0.5) is 0 Å². The third kappa shape index (κ3) is 5.53. The van der Waals surface area contributed by atoms with Gasteiger partial charge in [-0.15, -0.1) is 0 Å². The van der Waals surface area contributed by atoms with Crippen LogP contribution in [0.25, 0.3) is 0 Å². The number of ether oxygens (including phenoxy) is 2. The third-order valence-electron chi connectivity index (χ3n) is 1.83. The highest BCUT2D eigenvalue weighted by Gasteiger charge is 2.22. The topological polar surface area (TPSA) is 114 Å². The van der Waals surface area contributed by atoms with Gasteiger partial charge in [0.1, 0.15) is 5.84 Å². The van der Waals surface area contributed by atoms with Gasteiger partial charge in [0.05, 0.1) is 13.2 Å². The molecule has 0 aliphatic carbocycles. The quantitative estimate of drug-likeness (QED) is 0.142. The highest BCUT2D eigenvalue weighted by molar-refractivity contribution is 6.18. The second-order valence-electron chi connectivity index (χ2n) is 3.18. The Morgan fingerprint density at radius 2 is 1.89 bits per heavy atom. The van der Waals surface area contributed by atoms with Crippen molar-refractivity contribution in [3.8, 4) is 0 Å². The smallest absolute Gasteiger partial charge is 0.349 e. The zero-order chi connectivity index (χ0) is 14.0. The van der Waals surface area contributed by atoms with Crippen LogP contribution in [0.5, 0.6) is 0 Å². The van der Waals surface area contributed by atoms with Crippen molar-refractivity contribution in [3.63, 3.8) is 0 Å². The van der Waals surface area contributed by atoms with Crippen LogP contribution in [0, 0.1) is 0 Å². The van der Waals surface area contributed by atoms with Crippen molar-refractivity contribution in [1.82, 2.24) is 0 Å². The minimum absolute atomic E-state index is 0.0350. The molecule has 7 nitrogen and oxygen atoms in total. The van der Waals surface area contributed by atoms with E-state index in [0.717, 1.165) is 0 Å². The molecular weight excluding hydrogens is 240 g/mol. The summed E-state index contributed by atoms with van der Waals surface area (Å²) in [7, 11) is 0. The number of hydrogen-bond acceptors (Lipinski definition) is 6. The Hall–Kier alpha value is -1.76. The van der Waals surface area contributed by atoms with E-state index >= 15 is 0 Å². The molecule has 0 spiro atoms. The predicted molar refractivity (Wildman–Crippen MR) is 66.1 cm³/mol. The number of carbonyl (C=O) groups excluding carboxylic acids is 1. The molecule has 7 heteroatoms. The van der Waals surface area contributed by atoms with E-state index in [0.29, 0.717) is 6.42 Å². The first kappa shape index (κ1) is 16.2. The van der Waals surface area contributed by atoms with Crippen LogP contribution in [0.1, 0.15) is 20.3 Å². The molecule has 0 saturated carbocycles. The molecule has 0 bridgehead atoms. The zero-order valence-electron chi connectivity index (χ0n) is 10.7. The molecule has 0 saturated heterocycles. The van der Waals surface area contributed by atoms with Crippen molar-refractivity contribution in [2.45, 2.75) is 20.3 Å². The summed E-state index contributed by atoms with van der Waals surface area (Å²) in [5, 5.41) is 18.2. The number of rotatable bonds is 8. The van der Waals surface area contributed by atoms with Crippen molar-refractivity contribution >= 4 is 11.8 Å². The molecule has 104 valence electrons. The molecule has 0 aliphatic heterocycles. The molecular formula is C11H20N2O5. The maximum atomic E-state index is 11.6. The van der Waals surface area contributed by atoms with Crippen molar-refractivity contribution < 1.29 is 24.5 Å². The first-order valence-electron chi connectivity index (χ1n) is 5.72. The number of aliphatic imine (C=N–C) groups is 1. The van der Waals surface area contributed by atoms with E-state index in [4.69, 9.17) is 20.3 Å². The lowest BCUT2D eigenvalue weighted by atomic mass is 10.2. The van der Waals surface area contributed by atoms with Crippen LogP contribution >= 0.6 is 0 Å². The van der Waals surface area contributed by atoms with Gasteiger partial charge in [-0.2, -0.15) is 0 Å². The number of carbonyl (C=O) groups is 1. The summed E-state index contributed by atoms with van der Waals surface area (Å²) in [6, 6.07) is 0. The number of nitrogens with two attached hydrogens (primary N) is 1. The molecule has 0 amide bonds. The van der Waals surface area contributed by atoms with Crippen molar-refractivity contribution in [3.05, 3.63) is 11.5 Å². The molecule has 0 rings (SSSR count). The number of esters is 1. The van der Waals surface area contributed by atoms with Gasteiger partial charge in [0.25, 0.3) is 5.95 Å². The van der Waals surface area contributed by atoms with Crippen molar-refractivity contribution in [1.29, 1.82) is 0 Å². The van der Waals surface area contributed by atoms with Gasteiger partial charge in [-0.05, 0) is 20.3 Å². The van der Waals surface area contributed by atoms with Crippen LogP contribution in [0.2, 0.25) is 0 Å². The highest BCUT2D eigenvalue weighted by Crippen LogP contribution is 2.07. The van der Waals surface area contributed by atoms with Gasteiger partial charge < -0.3 is 25.4 Å². The van der Waals surface area contributed by atoms with Gasteiger partial charge in [0.15, 0.2) is 5.57 Å². The van der Waals surface area contributed by atoms with Gasteiger partial charge in [-0.25, -0.2) is 4.79 Å². The van der Waals surface area contributed by atoms with Gasteiger partial charge >= 0.3 is 5.97 Å². The minimum Gasteiger partial charge on any atom is -0.480 e. The summed E-state index contributed by atoms with van der Waals surface area (Å²) < 4.78 is 9.57. The number of amidine groups is 1. The largest absolute Gasteiger partial charge is 0.480 e. The van der Waals surface area contributed by atoms with E-state index in [1.807, 2.05) is 0 Å². The van der Waals surface area contributed by atoms with E-state index in [-0.39, 0.29) is 37.8 Å². The molecule has 0 aromatic rings. The van der Waals surface area contributed by atoms with Gasteiger partial charge in [-0.3, -0.25) is 4.99 Å².